The van der Waals surface area contributed by atoms with Gasteiger partial charge in [0.15, 0.2) is 0 Å². The van der Waals surface area contributed by atoms with Crippen LogP contribution in [-0.2, 0) is 10.3 Å². The van der Waals surface area contributed by atoms with E-state index in [1.807, 2.05) is 30.3 Å². The van der Waals surface area contributed by atoms with Crippen LogP contribution in [0.15, 0.2) is 30.3 Å². The van der Waals surface area contributed by atoms with E-state index in [-0.39, 0.29) is 0 Å². The summed E-state index contributed by atoms with van der Waals surface area (Å²) in [6.45, 7) is 2.14. The minimum Gasteiger partial charge on any atom is -0.368 e. The fourth-order valence-corrected chi connectivity index (χ4v) is 2.78. The number of nitrogens with two attached hydrogens (primary N) is 2. The van der Waals surface area contributed by atoms with Crippen molar-refractivity contribution < 1.29 is 4.79 Å². The van der Waals surface area contributed by atoms with E-state index in [4.69, 9.17) is 11.5 Å². The standard InChI is InChI=1S/C13H20N2OS/c1-2-3-9-17-10-13(15,12(14)16)11-7-5-4-6-8-11/h4-8H,2-3,9-10,15H2,1H3,(H2,14,16). The van der Waals surface area contributed by atoms with Crippen molar-refractivity contribution in [3.05, 3.63) is 35.9 Å². The average Bonchev–Trinajstić information content (AvgIpc) is 2.35. The van der Waals surface area contributed by atoms with E-state index >= 15 is 0 Å². The van der Waals surface area contributed by atoms with Crippen LogP contribution >= 0.6 is 11.8 Å². The molecule has 0 fully saturated rings. The Morgan fingerprint density at radius 3 is 2.53 bits per heavy atom. The van der Waals surface area contributed by atoms with Crippen molar-refractivity contribution in [2.45, 2.75) is 25.3 Å². The van der Waals surface area contributed by atoms with Crippen LogP contribution in [0.3, 0.4) is 0 Å². The third-order valence-electron chi connectivity index (χ3n) is 2.70. The van der Waals surface area contributed by atoms with Crippen LogP contribution in [0.5, 0.6) is 0 Å². The van der Waals surface area contributed by atoms with E-state index in [1.165, 1.54) is 0 Å². The zero-order valence-corrected chi connectivity index (χ0v) is 11.0. The molecule has 1 rings (SSSR count). The van der Waals surface area contributed by atoms with Crippen molar-refractivity contribution >= 4 is 17.7 Å². The zero-order valence-electron chi connectivity index (χ0n) is 10.2. The lowest BCUT2D eigenvalue weighted by Gasteiger charge is -2.26. The Balaban J connectivity index is 2.73. The Morgan fingerprint density at radius 2 is 2.00 bits per heavy atom. The molecule has 4 N–H and O–H groups in total. The van der Waals surface area contributed by atoms with Gasteiger partial charge < -0.3 is 11.5 Å². The molecular weight excluding hydrogens is 232 g/mol. The largest absolute Gasteiger partial charge is 0.368 e. The van der Waals surface area contributed by atoms with Gasteiger partial charge in [0.2, 0.25) is 5.91 Å². The molecule has 17 heavy (non-hydrogen) atoms. The van der Waals surface area contributed by atoms with Crippen molar-refractivity contribution in [1.29, 1.82) is 0 Å². The fraction of sp³-hybridized carbons (Fsp3) is 0.462. The molecule has 1 unspecified atom stereocenters. The average molecular weight is 252 g/mol. The minimum absolute atomic E-state index is 0.465. The number of unbranched alkanes of at least 4 members (excludes halogenated alkanes) is 1. The molecule has 0 aliphatic carbocycles. The van der Waals surface area contributed by atoms with Gasteiger partial charge in [-0.05, 0) is 17.7 Å². The summed E-state index contributed by atoms with van der Waals surface area (Å²) in [7, 11) is 0. The second-order valence-corrected chi connectivity index (χ2v) is 5.21. The van der Waals surface area contributed by atoms with Gasteiger partial charge in [0.25, 0.3) is 0 Å². The van der Waals surface area contributed by atoms with Crippen molar-refractivity contribution in [3.8, 4) is 0 Å². The van der Waals surface area contributed by atoms with E-state index in [2.05, 4.69) is 6.92 Å². The quantitative estimate of drug-likeness (QED) is 0.728. The summed E-state index contributed by atoms with van der Waals surface area (Å²) in [4.78, 5) is 11.6. The van der Waals surface area contributed by atoms with Crippen LogP contribution < -0.4 is 11.5 Å². The first-order valence-corrected chi connectivity index (χ1v) is 6.98. The summed E-state index contributed by atoms with van der Waals surface area (Å²) < 4.78 is 0. The summed E-state index contributed by atoms with van der Waals surface area (Å²) in [5.41, 5.74) is 11.3. The highest BCUT2D eigenvalue weighted by Gasteiger charge is 2.33. The maximum atomic E-state index is 11.6. The Hall–Kier alpha value is -1.00. The number of rotatable bonds is 7. The van der Waals surface area contributed by atoms with Crippen LogP contribution in [0.2, 0.25) is 0 Å². The van der Waals surface area contributed by atoms with Gasteiger partial charge in [0.1, 0.15) is 5.54 Å². The molecule has 4 heteroatoms. The van der Waals surface area contributed by atoms with E-state index in [0.29, 0.717) is 5.75 Å². The Morgan fingerprint density at radius 1 is 1.35 bits per heavy atom. The lowest BCUT2D eigenvalue weighted by Crippen LogP contribution is -2.51. The van der Waals surface area contributed by atoms with Gasteiger partial charge in [-0.1, -0.05) is 43.7 Å². The van der Waals surface area contributed by atoms with Crippen LogP contribution in [-0.4, -0.2) is 17.4 Å². The van der Waals surface area contributed by atoms with Crippen molar-refractivity contribution in [1.82, 2.24) is 0 Å². The maximum absolute atomic E-state index is 11.6. The van der Waals surface area contributed by atoms with Crippen LogP contribution in [0.4, 0.5) is 0 Å². The number of carbonyl (C=O) groups is 1. The molecule has 1 aromatic carbocycles. The molecule has 0 heterocycles. The van der Waals surface area contributed by atoms with Crippen LogP contribution in [0.25, 0.3) is 0 Å². The molecule has 1 aromatic rings. The van der Waals surface area contributed by atoms with Gasteiger partial charge in [0, 0.05) is 5.75 Å². The molecule has 0 aliphatic rings. The summed E-state index contributed by atoms with van der Waals surface area (Å²) in [6, 6.07) is 9.35. The van der Waals surface area contributed by atoms with Crippen molar-refractivity contribution in [2.24, 2.45) is 11.5 Å². The Kier molecular flexibility index (Phi) is 5.51. The molecule has 0 radical (unpaired) electrons. The molecule has 0 saturated carbocycles. The van der Waals surface area contributed by atoms with Gasteiger partial charge in [-0.25, -0.2) is 0 Å². The number of primary amides is 1. The van der Waals surface area contributed by atoms with Crippen molar-refractivity contribution in [3.63, 3.8) is 0 Å². The fourth-order valence-electron chi connectivity index (χ4n) is 1.51. The van der Waals surface area contributed by atoms with E-state index in [0.717, 1.165) is 24.2 Å². The second kappa shape index (κ2) is 6.67. The van der Waals surface area contributed by atoms with Crippen LogP contribution in [0, 0.1) is 0 Å². The van der Waals surface area contributed by atoms with E-state index in [9.17, 15) is 4.79 Å². The summed E-state index contributed by atoms with van der Waals surface area (Å²) in [5.74, 6) is 1.08. The highest BCUT2D eigenvalue weighted by molar-refractivity contribution is 7.99. The van der Waals surface area contributed by atoms with Gasteiger partial charge in [-0.3, -0.25) is 4.79 Å². The third-order valence-corrected chi connectivity index (χ3v) is 3.94. The molecule has 3 nitrogen and oxygen atoms in total. The molecule has 94 valence electrons. The smallest absolute Gasteiger partial charge is 0.242 e. The predicted octanol–water partition coefficient (Wildman–Crippen LogP) is 1.86. The molecular formula is C13H20N2OS. The first kappa shape index (κ1) is 14.1. The topological polar surface area (TPSA) is 69.1 Å². The van der Waals surface area contributed by atoms with E-state index in [1.54, 1.807) is 11.8 Å². The minimum atomic E-state index is -1.06. The van der Waals surface area contributed by atoms with E-state index < -0.39 is 11.4 Å². The molecule has 1 atom stereocenters. The summed E-state index contributed by atoms with van der Waals surface area (Å²) in [5, 5.41) is 0. The Labute approximate surface area is 107 Å². The zero-order chi connectivity index (χ0) is 12.7. The molecule has 0 saturated heterocycles. The first-order valence-electron chi connectivity index (χ1n) is 5.83. The van der Waals surface area contributed by atoms with Gasteiger partial charge >= 0.3 is 0 Å². The molecule has 0 aromatic heterocycles. The number of benzene rings is 1. The second-order valence-electron chi connectivity index (χ2n) is 4.11. The number of hydrogen-bond donors (Lipinski definition) is 2. The van der Waals surface area contributed by atoms with Gasteiger partial charge in [-0.15, -0.1) is 0 Å². The summed E-state index contributed by atoms with van der Waals surface area (Å²) >= 11 is 1.68. The highest BCUT2D eigenvalue weighted by atomic mass is 32.2. The number of carbonyl (C=O) groups excluding carboxylic acids is 1. The lowest BCUT2D eigenvalue weighted by molar-refractivity contribution is -0.122. The number of thioether (sulfide) groups is 1. The highest BCUT2D eigenvalue weighted by Crippen LogP contribution is 2.23. The molecule has 0 bridgehead atoms. The lowest BCUT2D eigenvalue weighted by atomic mass is 9.92. The number of amides is 1. The number of hydrogen-bond acceptors (Lipinski definition) is 3. The maximum Gasteiger partial charge on any atom is 0.242 e. The normalized spacial score (nSPS) is 14.2. The first-order chi connectivity index (χ1) is 8.11. The third kappa shape index (κ3) is 3.75. The SMILES string of the molecule is CCCCSCC(N)(C(N)=O)c1ccccc1. The Bertz CT molecular complexity index is 356. The molecule has 0 spiro atoms. The summed E-state index contributed by atoms with van der Waals surface area (Å²) in [6.07, 6.45) is 2.28. The van der Waals surface area contributed by atoms with Crippen LogP contribution in [0.1, 0.15) is 25.3 Å². The predicted molar refractivity (Wildman–Crippen MR) is 73.7 cm³/mol. The monoisotopic (exact) mass is 252 g/mol. The molecule has 1 amide bonds. The van der Waals surface area contributed by atoms with Gasteiger partial charge in [-0.2, -0.15) is 11.8 Å². The van der Waals surface area contributed by atoms with Crippen molar-refractivity contribution in [2.75, 3.05) is 11.5 Å². The van der Waals surface area contributed by atoms with Gasteiger partial charge in [0.05, 0.1) is 0 Å². The molecule has 0 aliphatic heterocycles.